The van der Waals surface area contributed by atoms with Crippen LogP contribution in [0, 0.1) is 0 Å². The van der Waals surface area contributed by atoms with Crippen LogP contribution in [-0.4, -0.2) is 35.0 Å². The second kappa shape index (κ2) is 7.61. The average Bonchev–Trinajstić information content (AvgIpc) is 2.15. The van der Waals surface area contributed by atoms with E-state index in [0.29, 0.717) is 12.8 Å². The van der Waals surface area contributed by atoms with Crippen molar-refractivity contribution < 1.29 is 19.5 Å². The lowest BCUT2D eigenvalue weighted by Crippen LogP contribution is -2.43. The van der Waals surface area contributed by atoms with Gasteiger partial charge in [-0.15, -0.1) is 0 Å². The number of rotatable bonds is 8. The van der Waals surface area contributed by atoms with Crippen molar-refractivity contribution in [2.45, 2.75) is 44.7 Å². The first-order chi connectivity index (χ1) is 7.82. The van der Waals surface area contributed by atoms with Gasteiger partial charge in [0.25, 0.3) is 0 Å². The number of aliphatic carboxylic acids is 1. The summed E-state index contributed by atoms with van der Waals surface area (Å²) in [6, 6.07) is -1.25. The van der Waals surface area contributed by atoms with Gasteiger partial charge in [-0.3, -0.25) is 9.59 Å². The molecule has 2 amide bonds. The summed E-state index contributed by atoms with van der Waals surface area (Å²) in [4.78, 5) is 32.7. The Kier molecular flexibility index (Phi) is 6.88. The first kappa shape index (κ1) is 15.4. The summed E-state index contributed by atoms with van der Waals surface area (Å²) in [7, 11) is 0. The van der Waals surface area contributed by atoms with Crippen LogP contribution in [0.2, 0.25) is 0 Å². The summed E-state index contributed by atoms with van der Waals surface area (Å²) in [5, 5.41) is 11.0. The summed E-state index contributed by atoms with van der Waals surface area (Å²) in [6.07, 6.45) is 1.03. The number of carboxylic acids is 1. The van der Waals surface area contributed by atoms with Crippen molar-refractivity contribution >= 4 is 17.8 Å². The second-order valence-electron chi connectivity index (χ2n) is 4.00. The summed E-state index contributed by atoms with van der Waals surface area (Å²) in [6.45, 7) is 1.82. The Labute approximate surface area is 99.5 Å². The van der Waals surface area contributed by atoms with Gasteiger partial charge in [0, 0.05) is 12.5 Å². The fourth-order valence-electron chi connectivity index (χ4n) is 1.25. The quantitative estimate of drug-likeness (QED) is 0.432. The molecule has 7 nitrogen and oxygen atoms in total. The fraction of sp³-hybridized carbons (Fsp3) is 0.700. The molecule has 98 valence electrons. The molecule has 6 N–H and O–H groups in total. The molecule has 2 atom stereocenters. The van der Waals surface area contributed by atoms with E-state index in [1.54, 1.807) is 0 Å². The number of hydrogen-bond acceptors (Lipinski definition) is 4. The van der Waals surface area contributed by atoms with E-state index in [1.807, 2.05) is 6.92 Å². The highest BCUT2D eigenvalue weighted by molar-refractivity contribution is 5.88. The van der Waals surface area contributed by atoms with Crippen LogP contribution in [-0.2, 0) is 14.4 Å². The van der Waals surface area contributed by atoms with Gasteiger partial charge in [-0.2, -0.15) is 0 Å². The van der Waals surface area contributed by atoms with Crippen molar-refractivity contribution in [3.8, 4) is 0 Å². The topological polar surface area (TPSA) is 136 Å². The van der Waals surface area contributed by atoms with E-state index in [4.69, 9.17) is 16.6 Å². The van der Waals surface area contributed by atoms with Gasteiger partial charge < -0.3 is 21.9 Å². The van der Waals surface area contributed by atoms with Crippen LogP contribution >= 0.6 is 0 Å². The maximum Gasteiger partial charge on any atom is 0.326 e. The number of amides is 2. The monoisotopic (exact) mass is 245 g/mol. The lowest BCUT2D eigenvalue weighted by Gasteiger charge is -2.12. The van der Waals surface area contributed by atoms with Crippen LogP contribution in [0.15, 0.2) is 0 Å². The zero-order valence-electron chi connectivity index (χ0n) is 9.81. The molecule has 0 aliphatic heterocycles. The molecule has 0 radical (unpaired) electrons. The SMILES string of the molecule is CC(N)CCCC(=O)NC(CC(N)=O)C(=O)O. The number of nitrogens with two attached hydrogens (primary N) is 2. The highest BCUT2D eigenvalue weighted by atomic mass is 16.4. The molecule has 0 aromatic heterocycles. The zero-order valence-corrected chi connectivity index (χ0v) is 9.81. The molecule has 0 fully saturated rings. The van der Waals surface area contributed by atoms with E-state index in [2.05, 4.69) is 5.32 Å². The lowest BCUT2D eigenvalue weighted by molar-refractivity contribution is -0.143. The molecule has 0 aliphatic rings. The van der Waals surface area contributed by atoms with E-state index in [1.165, 1.54) is 0 Å². The van der Waals surface area contributed by atoms with Crippen LogP contribution in [0.5, 0.6) is 0 Å². The van der Waals surface area contributed by atoms with Gasteiger partial charge in [0.2, 0.25) is 11.8 Å². The van der Waals surface area contributed by atoms with Crippen molar-refractivity contribution in [2.75, 3.05) is 0 Å². The van der Waals surface area contributed by atoms with Gasteiger partial charge in [-0.05, 0) is 19.8 Å². The van der Waals surface area contributed by atoms with Crippen molar-refractivity contribution in [1.82, 2.24) is 5.32 Å². The Bertz CT molecular complexity index is 291. The number of carbonyl (C=O) groups excluding carboxylic acids is 2. The largest absolute Gasteiger partial charge is 0.480 e. The number of nitrogens with one attached hydrogen (secondary N) is 1. The van der Waals surface area contributed by atoms with E-state index >= 15 is 0 Å². The van der Waals surface area contributed by atoms with E-state index in [9.17, 15) is 14.4 Å². The number of primary amides is 1. The third-order valence-electron chi connectivity index (χ3n) is 2.10. The van der Waals surface area contributed by atoms with Crippen LogP contribution in [0.25, 0.3) is 0 Å². The molecule has 0 heterocycles. The summed E-state index contributed by atoms with van der Waals surface area (Å²) < 4.78 is 0. The van der Waals surface area contributed by atoms with Gasteiger partial charge in [-0.25, -0.2) is 4.79 Å². The van der Waals surface area contributed by atoms with Gasteiger partial charge in [-0.1, -0.05) is 0 Å². The maximum atomic E-state index is 11.4. The average molecular weight is 245 g/mol. The number of carboxylic acid groups (broad SMARTS) is 1. The molecule has 0 saturated heterocycles. The van der Waals surface area contributed by atoms with Gasteiger partial charge in [0.15, 0.2) is 0 Å². The fourth-order valence-corrected chi connectivity index (χ4v) is 1.25. The minimum absolute atomic E-state index is 0.00342. The zero-order chi connectivity index (χ0) is 13.4. The smallest absolute Gasteiger partial charge is 0.326 e. The summed E-state index contributed by atoms with van der Waals surface area (Å²) in [5.41, 5.74) is 10.4. The molecule has 0 spiro atoms. The van der Waals surface area contributed by atoms with Crippen LogP contribution in [0.3, 0.4) is 0 Å². The lowest BCUT2D eigenvalue weighted by atomic mass is 10.1. The van der Waals surface area contributed by atoms with Gasteiger partial charge >= 0.3 is 5.97 Å². The molecule has 0 aromatic rings. The molecule has 17 heavy (non-hydrogen) atoms. The predicted molar refractivity (Wildman–Crippen MR) is 60.9 cm³/mol. The third-order valence-corrected chi connectivity index (χ3v) is 2.10. The Balaban J connectivity index is 4.04. The molecular formula is C10H19N3O4. The highest BCUT2D eigenvalue weighted by Crippen LogP contribution is 2.00. The van der Waals surface area contributed by atoms with Crippen LogP contribution in [0.1, 0.15) is 32.6 Å². The molecule has 0 rings (SSSR count). The summed E-state index contributed by atoms with van der Waals surface area (Å²) >= 11 is 0. The Morgan fingerprint density at radius 1 is 1.35 bits per heavy atom. The predicted octanol–water partition coefficient (Wildman–Crippen LogP) is -1.05. The highest BCUT2D eigenvalue weighted by Gasteiger charge is 2.21. The Hall–Kier alpha value is -1.63. The van der Waals surface area contributed by atoms with E-state index in [-0.39, 0.29) is 12.5 Å². The number of hydrogen-bond donors (Lipinski definition) is 4. The molecule has 7 heteroatoms. The van der Waals surface area contributed by atoms with Gasteiger partial charge in [0.05, 0.1) is 6.42 Å². The van der Waals surface area contributed by atoms with Crippen molar-refractivity contribution in [2.24, 2.45) is 11.5 Å². The first-order valence-electron chi connectivity index (χ1n) is 5.39. The Morgan fingerprint density at radius 3 is 2.35 bits per heavy atom. The molecule has 0 saturated carbocycles. The third kappa shape index (κ3) is 8.21. The van der Waals surface area contributed by atoms with Crippen LogP contribution in [0.4, 0.5) is 0 Å². The Morgan fingerprint density at radius 2 is 1.94 bits per heavy atom. The van der Waals surface area contributed by atoms with Crippen LogP contribution < -0.4 is 16.8 Å². The molecule has 0 bridgehead atoms. The first-order valence-corrected chi connectivity index (χ1v) is 5.39. The van der Waals surface area contributed by atoms with E-state index < -0.39 is 30.2 Å². The van der Waals surface area contributed by atoms with Gasteiger partial charge in [0.1, 0.15) is 6.04 Å². The second-order valence-corrected chi connectivity index (χ2v) is 4.00. The summed E-state index contributed by atoms with van der Waals surface area (Å²) in [5.74, 6) is -2.46. The molecule has 2 unspecified atom stereocenters. The minimum atomic E-state index is -1.27. The standard InChI is InChI=1S/C10H19N3O4/c1-6(11)3-2-4-9(15)13-7(10(16)17)5-8(12)14/h6-7H,2-5,11H2,1H3,(H2,12,14)(H,13,15)(H,16,17). The van der Waals surface area contributed by atoms with Crippen molar-refractivity contribution in [3.05, 3.63) is 0 Å². The van der Waals surface area contributed by atoms with Crippen molar-refractivity contribution in [3.63, 3.8) is 0 Å². The maximum absolute atomic E-state index is 11.4. The number of carbonyl (C=O) groups is 3. The molecule has 0 aromatic carbocycles. The van der Waals surface area contributed by atoms with E-state index in [0.717, 1.165) is 0 Å². The molecule has 0 aliphatic carbocycles. The minimum Gasteiger partial charge on any atom is -0.480 e. The van der Waals surface area contributed by atoms with Crippen molar-refractivity contribution in [1.29, 1.82) is 0 Å². The normalized spacial score (nSPS) is 13.8. The molecular weight excluding hydrogens is 226 g/mol.